The highest BCUT2D eigenvalue weighted by Crippen LogP contribution is 2.35. The van der Waals surface area contributed by atoms with Gasteiger partial charge in [0.15, 0.2) is 17.4 Å². The summed E-state index contributed by atoms with van der Waals surface area (Å²) in [7, 11) is 1.48. The van der Waals surface area contributed by atoms with Crippen molar-refractivity contribution in [3.8, 4) is 11.6 Å². The van der Waals surface area contributed by atoms with Gasteiger partial charge in [-0.05, 0) is 37.3 Å². The highest BCUT2D eigenvalue weighted by Gasteiger charge is 2.32. The van der Waals surface area contributed by atoms with Gasteiger partial charge >= 0.3 is 12.3 Å². The highest BCUT2D eigenvalue weighted by atomic mass is 19.4. The van der Waals surface area contributed by atoms with Crippen LogP contribution < -0.4 is 26.2 Å². The van der Waals surface area contributed by atoms with Crippen molar-refractivity contribution in [3.05, 3.63) is 64.4 Å². The van der Waals surface area contributed by atoms with Crippen LogP contribution in [0.15, 0.2) is 53.3 Å². The third-order valence-electron chi connectivity index (χ3n) is 5.26. The molecule has 5 N–H and O–H groups in total. The van der Waals surface area contributed by atoms with Gasteiger partial charge in [0, 0.05) is 19.2 Å². The van der Waals surface area contributed by atoms with Gasteiger partial charge in [0.05, 0.1) is 23.4 Å². The number of hydrogen-bond acceptors (Lipinski definition) is 9. The van der Waals surface area contributed by atoms with Crippen LogP contribution in [0, 0.1) is 0 Å². The lowest BCUT2D eigenvalue weighted by molar-refractivity contribution is -0.137. The van der Waals surface area contributed by atoms with Gasteiger partial charge in [-0.3, -0.25) is 4.79 Å². The number of nitrogens with zero attached hydrogens (tertiary/aromatic N) is 4. The molecule has 0 aliphatic heterocycles. The lowest BCUT2D eigenvalue weighted by atomic mass is 10.2. The van der Waals surface area contributed by atoms with E-state index in [4.69, 9.17) is 15.2 Å². The number of anilines is 4. The molecule has 0 radical (unpaired) electrons. The first-order valence-electron chi connectivity index (χ1n) is 11.3. The molecule has 0 saturated heterocycles. The summed E-state index contributed by atoms with van der Waals surface area (Å²) in [5.74, 6) is -0.771. The number of amides is 1. The number of carboxylic acid groups (broad SMARTS) is 1. The van der Waals surface area contributed by atoms with Crippen molar-refractivity contribution in [1.29, 1.82) is 0 Å². The van der Waals surface area contributed by atoms with Crippen LogP contribution in [0.3, 0.4) is 0 Å². The maximum atomic E-state index is 13.3. The second-order valence-electron chi connectivity index (χ2n) is 8.26. The third kappa shape index (κ3) is 6.15. The number of nitrogen functional groups attached to an aromatic ring is 1. The Hall–Kier alpha value is -4.92. The smallest absolute Gasteiger partial charge is 0.417 e. The summed E-state index contributed by atoms with van der Waals surface area (Å²) < 4.78 is 51.0. The minimum Gasteiger partial charge on any atom is -0.464 e. The Morgan fingerprint density at radius 2 is 1.92 bits per heavy atom. The molecule has 1 unspecified atom stereocenters. The number of aromatic nitrogens is 4. The van der Waals surface area contributed by atoms with E-state index in [1.54, 1.807) is 19.1 Å². The van der Waals surface area contributed by atoms with Gasteiger partial charge in [-0.25, -0.2) is 14.7 Å². The maximum absolute atomic E-state index is 13.3. The summed E-state index contributed by atoms with van der Waals surface area (Å²) in [5, 5.41) is 12.9. The Morgan fingerprint density at radius 3 is 2.62 bits per heavy atom. The van der Waals surface area contributed by atoms with Crippen LogP contribution in [0.4, 0.5) is 41.2 Å². The predicted octanol–water partition coefficient (Wildman–Crippen LogP) is 4.37. The number of benzene rings is 2. The largest absolute Gasteiger partial charge is 0.464 e. The fraction of sp³-hybridized carbons (Fsp3) is 0.208. The number of para-hydroxylation sites is 1. The molecular formula is C24H22F3N7O5. The lowest BCUT2D eigenvalue weighted by Crippen LogP contribution is -2.27. The van der Waals surface area contributed by atoms with Crippen molar-refractivity contribution in [2.75, 3.05) is 29.7 Å². The molecule has 0 spiro atoms. The number of nitrogens with one attached hydrogen (secondary N) is 2. The quantitative estimate of drug-likeness (QED) is 0.249. The number of methoxy groups -OCH3 is 1. The van der Waals surface area contributed by atoms with E-state index in [2.05, 4.69) is 25.3 Å². The average Bonchev–Trinajstić information content (AvgIpc) is 2.85. The minimum atomic E-state index is -4.70. The van der Waals surface area contributed by atoms with E-state index in [1.807, 2.05) is 0 Å². The zero-order chi connectivity index (χ0) is 28.3. The lowest BCUT2D eigenvalue weighted by Gasteiger charge is -2.21. The molecular weight excluding hydrogens is 523 g/mol. The normalized spacial score (nSPS) is 12.2. The molecule has 39 heavy (non-hydrogen) atoms. The van der Waals surface area contributed by atoms with E-state index in [9.17, 15) is 27.9 Å². The van der Waals surface area contributed by atoms with Gasteiger partial charge in [-0.2, -0.15) is 23.1 Å². The van der Waals surface area contributed by atoms with Crippen molar-refractivity contribution in [3.63, 3.8) is 0 Å². The second-order valence-corrected chi connectivity index (χ2v) is 8.26. The molecule has 2 aromatic heterocycles. The van der Waals surface area contributed by atoms with Crippen LogP contribution in [0.2, 0.25) is 0 Å². The molecule has 2 heterocycles. The van der Waals surface area contributed by atoms with Gasteiger partial charge in [0.25, 0.3) is 5.56 Å². The van der Waals surface area contributed by atoms with E-state index >= 15 is 0 Å². The Morgan fingerprint density at radius 1 is 1.18 bits per heavy atom. The van der Waals surface area contributed by atoms with Crippen LogP contribution in [-0.4, -0.2) is 50.9 Å². The standard InChI is InChI=1S/C24H22F3N7O5/c1-12(11-38-2)29-22-31-17(34(23(36)37)14-6-3-5-13(9-14)24(25,26)27)10-18(32-22)39-16-8-4-7-15-19(16)33-20(28)21(35)30-15/h3-10,12H,11H2,1-2H3,(H2,28,33)(H,30,35)(H,36,37)(H,29,31,32). The Bertz CT molecular complexity index is 1580. The SMILES string of the molecule is COCC(C)Nc1nc(Oc2cccc3[nH]c(=O)c(N)nc23)cc(N(C(=O)O)c2cccc(C(F)(F)F)c2)n1. The van der Waals surface area contributed by atoms with Crippen molar-refractivity contribution >= 4 is 40.4 Å². The van der Waals surface area contributed by atoms with Gasteiger partial charge in [-0.1, -0.05) is 12.1 Å². The molecule has 2 aromatic carbocycles. The molecule has 15 heteroatoms. The van der Waals surface area contributed by atoms with Crippen molar-refractivity contribution in [1.82, 2.24) is 19.9 Å². The summed E-state index contributed by atoms with van der Waals surface area (Å²) >= 11 is 0. The van der Waals surface area contributed by atoms with Crippen molar-refractivity contribution < 1.29 is 32.5 Å². The number of rotatable bonds is 8. The molecule has 0 aliphatic carbocycles. The molecule has 204 valence electrons. The molecule has 4 rings (SSSR count). The van der Waals surface area contributed by atoms with E-state index < -0.39 is 23.4 Å². The summed E-state index contributed by atoms with van der Waals surface area (Å²) in [6.45, 7) is 1.98. The number of halogens is 3. The Kier molecular flexibility index (Phi) is 7.53. The average molecular weight is 545 g/mol. The first-order chi connectivity index (χ1) is 18.5. The predicted molar refractivity (Wildman–Crippen MR) is 135 cm³/mol. The highest BCUT2D eigenvalue weighted by molar-refractivity contribution is 5.94. The zero-order valence-electron chi connectivity index (χ0n) is 20.5. The molecule has 0 fully saturated rings. The van der Waals surface area contributed by atoms with Crippen LogP contribution >= 0.6 is 0 Å². The monoisotopic (exact) mass is 545 g/mol. The van der Waals surface area contributed by atoms with E-state index in [1.165, 1.54) is 19.2 Å². The van der Waals surface area contributed by atoms with Gasteiger partial charge in [0.1, 0.15) is 5.52 Å². The number of alkyl halides is 3. The van der Waals surface area contributed by atoms with E-state index in [0.29, 0.717) is 16.5 Å². The topological polar surface area (TPSA) is 169 Å². The first kappa shape index (κ1) is 27.1. The molecule has 12 nitrogen and oxygen atoms in total. The van der Waals surface area contributed by atoms with Crippen LogP contribution in [0.1, 0.15) is 12.5 Å². The van der Waals surface area contributed by atoms with Crippen LogP contribution in [0.25, 0.3) is 11.0 Å². The molecule has 1 amide bonds. The minimum absolute atomic E-state index is 0.0913. The molecule has 0 bridgehead atoms. The van der Waals surface area contributed by atoms with Gasteiger partial charge in [0.2, 0.25) is 11.8 Å². The number of H-pyrrole nitrogens is 1. The fourth-order valence-corrected chi connectivity index (χ4v) is 3.61. The number of aromatic amines is 1. The van der Waals surface area contributed by atoms with Crippen LogP contribution in [0.5, 0.6) is 11.6 Å². The van der Waals surface area contributed by atoms with Crippen molar-refractivity contribution in [2.45, 2.75) is 19.1 Å². The molecule has 0 aliphatic rings. The second kappa shape index (κ2) is 10.8. The maximum Gasteiger partial charge on any atom is 0.417 e. The van der Waals surface area contributed by atoms with Crippen molar-refractivity contribution in [2.24, 2.45) is 0 Å². The number of hydrogen-bond donors (Lipinski definition) is 4. The molecule has 1 atom stereocenters. The number of carbonyl (C=O) groups is 1. The molecule has 4 aromatic rings. The van der Waals surface area contributed by atoms with E-state index in [-0.39, 0.29) is 53.1 Å². The van der Waals surface area contributed by atoms with E-state index in [0.717, 1.165) is 18.2 Å². The number of fused-ring (bicyclic) bond motifs is 1. The Labute approximate surface area is 218 Å². The number of nitrogens with two attached hydrogens (primary N) is 1. The zero-order valence-corrected chi connectivity index (χ0v) is 20.5. The van der Waals surface area contributed by atoms with Gasteiger partial charge < -0.3 is 30.6 Å². The summed E-state index contributed by atoms with van der Waals surface area (Å²) in [6.07, 6.45) is -6.31. The third-order valence-corrected chi connectivity index (χ3v) is 5.26. The summed E-state index contributed by atoms with van der Waals surface area (Å²) in [4.78, 5) is 39.7. The Balaban J connectivity index is 1.83. The fourth-order valence-electron chi connectivity index (χ4n) is 3.61. The van der Waals surface area contributed by atoms with Gasteiger partial charge in [-0.15, -0.1) is 0 Å². The number of ether oxygens (including phenoxy) is 2. The first-order valence-corrected chi connectivity index (χ1v) is 11.3. The van der Waals surface area contributed by atoms with Crippen LogP contribution in [-0.2, 0) is 10.9 Å². The summed E-state index contributed by atoms with van der Waals surface area (Å²) in [5.41, 5.74) is 4.19. The molecule has 0 saturated carbocycles. The summed E-state index contributed by atoms with van der Waals surface area (Å²) in [6, 6.07) is 9.23.